The van der Waals surface area contributed by atoms with Gasteiger partial charge in [0.05, 0.1) is 22.4 Å². The lowest BCUT2D eigenvalue weighted by atomic mass is 10.0. The van der Waals surface area contributed by atoms with Gasteiger partial charge in [-0.25, -0.2) is 8.42 Å². The number of benzene rings is 2. The third kappa shape index (κ3) is 5.16. The maximum atomic E-state index is 12.3. The summed E-state index contributed by atoms with van der Waals surface area (Å²) in [5.41, 5.74) is 2.35. The standard InChI is InChI=1S/C19H20N2O3S/c1-14(17-6-8-18(9-7-17)25(2,23)24)19(22)21-11-10-15-4-3-5-16(12-15)13-20/h3-9,12,14H,10-11H2,1-2H3,(H,21,22). The lowest BCUT2D eigenvalue weighted by molar-refractivity contribution is -0.122. The van der Waals surface area contributed by atoms with Gasteiger partial charge in [0.1, 0.15) is 0 Å². The molecule has 130 valence electrons. The normalized spacial score (nSPS) is 12.2. The number of nitrogens with zero attached hydrogens (tertiary/aromatic N) is 1. The minimum atomic E-state index is -3.24. The van der Waals surface area contributed by atoms with Crippen LogP contribution in [0.5, 0.6) is 0 Å². The van der Waals surface area contributed by atoms with E-state index in [2.05, 4.69) is 11.4 Å². The van der Waals surface area contributed by atoms with Gasteiger partial charge in [0.25, 0.3) is 0 Å². The molecule has 1 unspecified atom stereocenters. The van der Waals surface area contributed by atoms with Crippen LogP contribution in [0, 0.1) is 11.3 Å². The third-order valence-electron chi connectivity index (χ3n) is 3.97. The highest BCUT2D eigenvalue weighted by Crippen LogP contribution is 2.18. The van der Waals surface area contributed by atoms with E-state index in [1.54, 1.807) is 31.2 Å². The Hall–Kier alpha value is -2.65. The van der Waals surface area contributed by atoms with Crippen molar-refractivity contribution in [3.63, 3.8) is 0 Å². The first kappa shape index (κ1) is 18.7. The van der Waals surface area contributed by atoms with Gasteiger partial charge in [0, 0.05) is 12.8 Å². The molecule has 1 atom stereocenters. The molecule has 5 nitrogen and oxygen atoms in total. The van der Waals surface area contributed by atoms with E-state index >= 15 is 0 Å². The molecule has 25 heavy (non-hydrogen) atoms. The summed E-state index contributed by atoms with van der Waals surface area (Å²) in [6.07, 6.45) is 1.79. The highest BCUT2D eigenvalue weighted by atomic mass is 32.2. The fourth-order valence-electron chi connectivity index (χ4n) is 2.43. The lowest BCUT2D eigenvalue weighted by Gasteiger charge is -2.13. The van der Waals surface area contributed by atoms with Crippen LogP contribution in [0.2, 0.25) is 0 Å². The molecule has 0 spiro atoms. The van der Waals surface area contributed by atoms with Crippen molar-refractivity contribution in [1.82, 2.24) is 5.32 Å². The number of sulfone groups is 1. The highest BCUT2D eigenvalue weighted by Gasteiger charge is 2.16. The topological polar surface area (TPSA) is 87.0 Å². The van der Waals surface area contributed by atoms with Crippen LogP contribution in [0.4, 0.5) is 0 Å². The molecule has 0 saturated heterocycles. The maximum absolute atomic E-state index is 12.3. The van der Waals surface area contributed by atoms with E-state index < -0.39 is 9.84 Å². The molecule has 2 aromatic carbocycles. The van der Waals surface area contributed by atoms with E-state index in [0.29, 0.717) is 18.5 Å². The first-order chi connectivity index (χ1) is 11.8. The number of nitriles is 1. The van der Waals surface area contributed by atoms with E-state index in [1.807, 2.05) is 12.1 Å². The predicted octanol–water partition coefficient (Wildman–Crippen LogP) is 2.42. The van der Waals surface area contributed by atoms with Crippen molar-refractivity contribution in [2.24, 2.45) is 0 Å². The Morgan fingerprint density at radius 2 is 1.88 bits per heavy atom. The number of hydrogen-bond donors (Lipinski definition) is 1. The molecule has 0 radical (unpaired) electrons. The van der Waals surface area contributed by atoms with Crippen LogP contribution < -0.4 is 5.32 Å². The molecule has 0 aliphatic carbocycles. The fraction of sp³-hybridized carbons (Fsp3) is 0.263. The molecule has 0 aliphatic heterocycles. The molecule has 1 N–H and O–H groups in total. The van der Waals surface area contributed by atoms with Gasteiger partial charge in [-0.05, 0) is 48.7 Å². The van der Waals surface area contributed by atoms with Crippen LogP contribution in [0.3, 0.4) is 0 Å². The molecule has 0 aliphatic rings. The van der Waals surface area contributed by atoms with Crippen LogP contribution in [0.15, 0.2) is 53.4 Å². The molecular weight excluding hydrogens is 336 g/mol. The van der Waals surface area contributed by atoms with Gasteiger partial charge in [-0.2, -0.15) is 5.26 Å². The van der Waals surface area contributed by atoms with Gasteiger partial charge in [-0.15, -0.1) is 0 Å². The van der Waals surface area contributed by atoms with E-state index in [4.69, 9.17) is 5.26 Å². The average Bonchev–Trinajstić information content (AvgIpc) is 2.60. The van der Waals surface area contributed by atoms with Gasteiger partial charge in [0.2, 0.25) is 5.91 Å². The maximum Gasteiger partial charge on any atom is 0.227 e. The monoisotopic (exact) mass is 356 g/mol. The van der Waals surface area contributed by atoms with Crippen molar-refractivity contribution in [3.8, 4) is 6.07 Å². The minimum absolute atomic E-state index is 0.122. The number of carbonyl (C=O) groups excluding carboxylic acids is 1. The number of hydrogen-bond acceptors (Lipinski definition) is 4. The molecule has 1 amide bonds. The van der Waals surface area contributed by atoms with Gasteiger partial charge in [-0.1, -0.05) is 24.3 Å². The van der Waals surface area contributed by atoms with E-state index in [0.717, 1.165) is 17.4 Å². The largest absolute Gasteiger partial charge is 0.355 e. The molecule has 0 heterocycles. The SMILES string of the molecule is CC(C(=O)NCCc1cccc(C#N)c1)c1ccc(S(C)(=O)=O)cc1. The quantitative estimate of drug-likeness (QED) is 0.861. The summed E-state index contributed by atoms with van der Waals surface area (Å²) in [4.78, 5) is 12.5. The summed E-state index contributed by atoms with van der Waals surface area (Å²) in [5.74, 6) is -0.498. The summed E-state index contributed by atoms with van der Waals surface area (Å²) in [5, 5.41) is 11.8. The fourth-order valence-corrected chi connectivity index (χ4v) is 3.07. The van der Waals surface area contributed by atoms with E-state index in [9.17, 15) is 13.2 Å². The van der Waals surface area contributed by atoms with Crippen LogP contribution in [-0.4, -0.2) is 27.1 Å². The Morgan fingerprint density at radius 3 is 2.48 bits per heavy atom. The van der Waals surface area contributed by atoms with Crippen molar-refractivity contribution in [3.05, 3.63) is 65.2 Å². The summed E-state index contributed by atoms with van der Waals surface area (Å²) >= 11 is 0. The number of nitrogens with one attached hydrogen (secondary N) is 1. The van der Waals surface area contributed by atoms with Crippen molar-refractivity contribution < 1.29 is 13.2 Å². The molecule has 0 fully saturated rings. The molecule has 6 heteroatoms. The van der Waals surface area contributed by atoms with Crippen molar-refractivity contribution in [1.29, 1.82) is 5.26 Å². The van der Waals surface area contributed by atoms with Crippen LogP contribution in [0.1, 0.15) is 29.5 Å². The van der Waals surface area contributed by atoms with Crippen LogP contribution >= 0.6 is 0 Å². The average molecular weight is 356 g/mol. The summed E-state index contributed by atoms with van der Waals surface area (Å²) in [7, 11) is -3.24. The molecule has 2 aromatic rings. The minimum Gasteiger partial charge on any atom is -0.355 e. The van der Waals surface area contributed by atoms with Gasteiger partial charge in [-0.3, -0.25) is 4.79 Å². The summed E-state index contributed by atoms with van der Waals surface area (Å²) in [6, 6.07) is 15.7. The van der Waals surface area contributed by atoms with Crippen molar-refractivity contribution in [2.45, 2.75) is 24.2 Å². The van der Waals surface area contributed by atoms with Crippen LogP contribution in [0.25, 0.3) is 0 Å². The van der Waals surface area contributed by atoms with Crippen molar-refractivity contribution in [2.75, 3.05) is 12.8 Å². The molecule has 0 bridgehead atoms. The zero-order valence-corrected chi connectivity index (χ0v) is 15.0. The Labute approximate surface area is 148 Å². The number of amides is 1. The lowest BCUT2D eigenvalue weighted by Crippen LogP contribution is -2.29. The zero-order chi connectivity index (χ0) is 18.4. The van der Waals surface area contributed by atoms with Gasteiger partial charge in [0.15, 0.2) is 9.84 Å². The first-order valence-electron chi connectivity index (χ1n) is 7.88. The summed E-state index contributed by atoms with van der Waals surface area (Å²) in [6.45, 7) is 2.25. The Morgan fingerprint density at radius 1 is 1.20 bits per heavy atom. The molecular formula is C19H20N2O3S. The van der Waals surface area contributed by atoms with E-state index in [-0.39, 0.29) is 16.7 Å². The van der Waals surface area contributed by atoms with Crippen molar-refractivity contribution >= 4 is 15.7 Å². The third-order valence-corrected chi connectivity index (χ3v) is 5.10. The second-order valence-corrected chi connectivity index (χ2v) is 7.93. The van der Waals surface area contributed by atoms with Gasteiger partial charge >= 0.3 is 0 Å². The highest BCUT2D eigenvalue weighted by molar-refractivity contribution is 7.90. The molecule has 2 rings (SSSR count). The number of carbonyl (C=O) groups is 1. The van der Waals surface area contributed by atoms with E-state index in [1.165, 1.54) is 12.1 Å². The first-order valence-corrected chi connectivity index (χ1v) is 9.77. The zero-order valence-electron chi connectivity index (χ0n) is 14.2. The predicted molar refractivity (Wildman–Crippen MR) is 95.8 cm³/mol. The molecule has 0 aromatic heterocycles. The van der Waals surface area contributed by atoms with Gasteiger partial charge < -0.3 is 5.32 Å². The number of rotatable bonds is 6. The smallest absolute Gasteiger partial charge is 0.227 e. The Kier molecular flexibility index (Phi) is 5.94. The summed E-state index contributed by atoms with van der Waals surface area (Å²) < 4.78 is 22.9. The Balaban J connectivity index is 1.93. The second kappa shape index (κ2) is 7.95. The molecule has 0 saturated carbocycles. The Bertz CT molecular complexity index is 897. The van der Waals surface area contributed by atoms with Crippen LogP contribution in [-0.2, 0) is 21.1 Å². The second-order valence-electron chi connectivity index (χ2n) is 5.92.